The fourth-order valence-electron chi connectivity index (χ4n) is 3.05. The molecule has 2 aromatic heterocycles. The molecule has 9 nitrogen and oxygen atoms in total. The molecular formula is C21H17N3O6. The highest BCUT2D eigenvalue weighted by atomic mass is 16.5. The Balaban J connectivity index is 1.45. The zero-order valence-electron chi connectivity index (χ0n) is 16.0. The lowest BCUT2D eigenvalue weighted by molar-refractivity contribution is -0.145. The van der Waals surface area contributed by atoms with Crippen LogP contribution in [-0.4, -0.2) is 28.1 Å². The van der Waals surface area contributed by atoms with Crippen LogP contribution < -0.4 is 15.9 Å². The van der Waals surface area contributed by atoms with Gasteiger partial charge in [-0.25, -0.2) is 9.48 Å². The Morgan fingerprint density at radius 3 is 2.77 bits per heavy atom. The molecule has 0 saturated carbocycles. The molecule has 0 aliphatic carbocycles. The van der Waals surface area contributed by atoms with E-state index in [1.54, 1.807) is 42.5 Å². The van der Waals surface area contributed by atoms with E-state index < -0.39 is 11.6 Å². The number of aryl methyl sites for hydroxylation is 1. The zero-order chi connectivity index (χ0) is 21.1. The Labute approximate surface area is 169 Å². The number of nitrogens with zero attached hydrogens (tertiary/aromatic N) is 3. The highest BCUT2D eigenvalue weighted by Gasteiger charge is 2.12. The fourth-order valence-corrected chi connectivity index (χ4v) is 3.05. The van der Waals surface area contributed by atoms with E-state index in [0.717, 1.165) is 4.68 Å². The quantitative estimate of drug-likeness (QED) is 0.352. The normalized spacial score (nSPS) is 11.0. The van der Waals surface area contributed by atoms with Crippen LogP contribution >= 0.6 is 0 Å². The standard InChI is InChI=1S/C21H17N3O6/c1-28-14-6-7-15-13(10-20(26)30-18(15)11-14)12-29-19(25)8-9-24-21(27)16-4-2-3-5-17(16)22-23-24/h2-7,10-11H,8-9,12H2,1H3. The van der Waals surface area contributed by atoms with E-state index in [2.05, 4.69) is 10.3 Å². The lowest BCUT2D eigenvalue weighted by Crippen LogP contribution is -2.25. The van der Waals surface area contributed by atoms with Crippen molar-refractivity contribution >= 4 is 27.8 Å². The van der Waals surface area contributed by atoms with Crippen LogP contribution in [-0.2, 0) is 22.7 Å². The van der Waals surface area contributed by atoms with Gasteiger partial charge >= 0.3 is 11.6 Å². The predicted molar refractivity (Wildman–Crippen MR) is 107 cm³/mol. The van der Waals surface area contributed by atoms with E-state index in [1.165, 1.54) is 13.2 Å². The molecule has 2 aromatic carbocycles. The lowest BCUT2D eigenvalue weighted by Gasteiger charge is -2.09. The topological polar surface area (TPSA) is 114 Å². The van der Waals surface area contributed by atoms with Gasteiger partial charge in [0.2, 0.25) is 0 Å². The summed E-state index contributed by atoms with van der Waals surface area (Å²) in [5.74, 6) is 0.00786. The number of rotatable bonds is 6. The van der Waals surface area contributed by atoms with Gasteiger partial charge in [-0.15, -0.1) is 5.10 Å². The van der Waals surface area contributed by atoms with Gasteiger partial charge in [0.15, 0.2) is 0 Å². The van der Waals surface area contributed by atoms with Gasteiger partial charge in [-0.3, -0.25) is 9.59 Å². The monoisotopic (exact) mass is 407 g/mol. The van der Waals surface area contributed by atoms with Gasteiger partial charge in [0.05, 0.1) is 25.5 Å². The predicted octanol–water partition coefficient (Wildman–Crippen LogP) is 2.04. The molecule has 0 N–H and O–H groups in total. The summed E-state index contributed by atoms with van der Waals surface area (Å²) >= 11 is 0. The average Bonchev–Trinajstić information content (AvgIpc) is 2.76. The third-order valence-corrected chi connectivity index (χ3v) is 4.58. The molecule has 152 valence electrons. The van der Waals surface area contributed by atoms with E-state index in [9.17, 15) is 14.4 Å². The molecule has 0 fully saturated rings. The minimum atomic E-state index is -0.556. The van der Waals surface area contributed by atoms with E-state index in [1.807, 2.05) is 0 Å². The number of carbonyl (C=O) groups is 1. The molecule has 9 heteroatoms. The lowest BCUT2D eigenvalue weighted by atomic mass is 10.1. The van der Waals surface area contributed by atoms with Crippen molar-refractivity contribution in [2.24, 2.45) is 0 Å². The third-order valence-electron chi connectivity index (χ3n) is 4.58. The summed E-state index contributed by atoms with van der Waals surface area (Å²) in [5, 5.41) is 8.89. The minimum absolute atomic E-state index is 0.0321. The first kappa shape index (κ1) is 19.3. The van der Waals surface area contributed by atoms with Crippen molar-refractivity contribution in [3.05, 3.63) is 74.9 Å². The Morgan fingerprint density at radius 1 is 1.10 bits per heavy atom. The van der Waals surface area contributed by atoms with Crippen LogP contribution in [0.25, 0.3) is 21.9 Å². The van der Waals surface area contributed by atoms with Gasteiger partial charge < -0.3 is 13.9 Å². The number of hydrogen-bond acceptors (Lipinski definition) is 8. The van der Waals surface area contributed by atoms with Crippen LogP contribution in [0.2, 0.25) is 0 Å². The molecule has 0 radical (unpaired) electrons. The van der Waals surface area contributed by atoms with Crippen LogP contribution in [0.5, 0.6) is 5.75 Å². The Kier molecular flexibility index (Phi) is 5.25. The number of carbonyl (C=O) groups excluding carboxylic acids is 1. The molecular weight excluding hydrogens is 390 g/mol. The summed E-state index contributed by atoms with van der Waals surface area (Å²) in [7, 11) is 1.51. The van der Waals surface area contributed by atoms with Crippen LogP contribution in [0, 0.1) is 0 Å². The number of hydrogen-bond donors (Lipinski definition) is 0. The average molecular weight is 407 g/mol. The summed E-state index contributed by atoms with van der Waals surface area (Å²) in [5.41, 5.74) is 0.465. The molecule has 0 unspecified atom stereocenters. The first-order valence-electron chi connectivity index (χ1n) is 9.14. The molecule has 0 amide bonds. The maximum Gasteiger partial charge on any atom is 0.336 e. The number of benzene rings is 2. The molecule has 4 rings (SSSR count). The largest absolute Gasteiger partial charge is 0.497 e. The molecule has 0 atom stereocenters. The Morgan fingerprint density at radius 2 is 1.93 bits per heavy atom. The second kappa shape index (κ2) is 8.16. The van der Waals surface area contributed by atoms with Crippen molar-refractivity contribution in [1.29, 1.82) is 0 Å². The number of aromatic nitrogens is 3. The van der Waals surface area contributed by atoms with E-state index in [0.29, 0.717) is 33.2 Å². The molecule has 2 heterocycles. The second-order valence-electron chi connectivity index (χ2n) is 6.50. The van der Waals surface area contributed by atoms with Crippen molar-refractivity contribution in [1.82, 2.24) is 15.0 Å². The summed E-state index contributed by atoms with van der Waals surface area (Å²) in [4.78, 5) is 36.4. The summed E-state index contributed by atoms with van der Waals surface area (Å²) in [6.45, 7) is -0.0735. The molecule has 30 heavy (non-hydrogen) atoms. The van der Waals surface area contributed by atoms with Crippen molar-refractivity contribution in [3.8, 4) is 5.75 Å². The third kappa shape index (κ3) is 3.90. The van der Waals surface area contributed by atoms with Gasteiger partial charge in [0.25, 0.3) is 5.56 Å². The molecule has 4 aromatic rings. The Hall–Kier alpha value is -4.01. The van der Waals surface area contributed by atoms with Gasteiger partial charge in [-0.1, -0.05) is 17.3 Å². The molecule has 0 bridgehead atoms. The highest BCUT2D eigenvalue weighted by Crippen LogP contribution is 2.23. The zero-order valence-corrected chi connectivity index (χ0v) is 16.0. The van der Waals surface area contributed by atoms with Gasteiger partial charge in [-0.05, 0) is 24.3 Å². The summed E-state index contributed by atoms with van der Waals surface area (Å²) in [6.07, 6.45) is -0.0693. The number of fused-ring (bicyclic) bond motifs is 2. The second-order valence-corrected chi connectivity index (χ2v) is 6.50. The Bertz CT molecular complexity index is 1360. The maximum absolute atomic E-state index is 12.4. The van der Waals surface area contributed by atoms with E-state index in [-0.39, 0.29) is 25.1 Å². The minimum Gasteiger partial charge on any atom is -0.497 e. The van der Waals surface area contributed by atoms with E-state index >= 15 is 0 Å². The first-order valence-corrected chi connectivity index (χ1v) is 9.14. The maximum atomic E-state index is 12.4. The smallest absolute Gasteiger partial charge is 0.336 e. The highest BCUT2D eigenvalue weighted by molar-refractivity contribution is 5.82. The van der Waals surface area contributed by atoms with Gasteiger partial charge in [0.1, 0.15) is 23.5 Å². The van der Waals surface area contributed by atoms with Crippen molar-refractivity contribution in [2.75, 3.05) is 7.11 Å². The van der Waals surface area contributed by atoms with Crippen LogP contribution in [0.1, 0.15) is 12.0 Å². The fraction of sp³-hybridized carbons (Fsp3) is 0.190. The van der Waals surface area contributed by atoms with Crippen molar-refractivity contribution in [2.45, 2.75) is 19.6 Å². The van der Waals surface area contributed by atoms with Gasteiger partial charge in [0, 0.05) is 23.1 Å². The molecule has 0 spiro atoms. The van der Waals surface area contributed by atoms with Crippen LogP contribution in [0.4, 0.5) is 0 Å². The number of methoxy groups -OCH3 is 1. The molecule has 0 saturated heterocycles. The SMILES string of the molecule is COc1ccc2c(COC(=O)CCn3nnc4ccccc4c3=O)cc(=O)oc2c1. The first-order chi connectivity index (χ1) is 14.5. The molecule has 0 aliphatic heterocycles. The van der Waals surface area contributed by atoms with Crippen molar-refractivity contribution in [3.63, 3.8) is 0 Å². The van der Waals surface area contributed by atoms with Gasteiger partial charge in [-0.2, -0.15) is 0 Å². The molecule has 0 aliphatic rings. The summed E-state index contributed by atoms with van der Waals surface area (Å²) in [6, 6.07) is 13.2. The van der Waals surface area contributed by atoms with Crippen LogP contribution in [0.15, 0.2) is 62.5 Å². The van der Waals surface area contributed by atoms with Crippen LogP contribution in [0.3, 0.4) is 0 Å². The number of ether oxygens (including phenoxy) is 2. The summed E-state index contributed by atoms with van der Waals surface area (Å²) < 4.78 is 16.7. The van der Waals surface area contributed by atoms with E-state index in [4.69, 9.17) is 13.9 Å². The number of esters is 1. The van der Waals surface area contributed by atoms with Crippen molar-refractivity contribution < 1.29 is 18.7 Å².